The molecule has 2 aromatic carbocycles. The number of anilines is 1. The van der Waals surface area contributed by atoms with Gasteiger partial charge in [0.2, 0.25) is 0 Å². The molecule has 0 aromatic heterocycles. The van der Waals surface area contributed by atoms with Gasteiger partial charge in [0.15, 0.2) is 0 Å². The third-order valence-electron chi connectivity index (χ3n) is 3.17. The van der Waals surface area contributed by atoms with Gasteiger partial charge in [-0.15, -0.1) is 0 Å². The van der Waals surface area contributed by atoms with E-state index in [4.69, 9.17) is 34.8 Å². The quantitative estimate of drug-likeness (QED) is 0.747. The van der Waals surface area contributed by atoms with E-state index in [-0.39, 0.29) is 6.04 Å². The minimum absolute atomic E-state index is 0.230. The molecule has 3 rings (SSSR count). The summed E-state index contributed by atoms with van der Waals surface area (Å²) >= 11 is 18.1. The standard InChI is InChI=1S/C14H10Cl3N/c15-9-3-1-8(2-4-9)13-7-11-12(17)5-10(16)6-14(11)18-13/h1-6,13,18H,7H2. The normalized spacial score (nSPS) is 17.4. The van der Waals surface area contributed by atoms with Crippen LogP contribution in [0.25, 0.3) is 0 Å². The molecule has 1 aliphatic heterocycles. The summed E-state index contributed by atoms with van der Waals surface area (Å²) in [5.74, 6) is 0. The molecular formula is C14H10Cl3N. The van der Waals surface area contributed by atoms with Crippen LogP contribution in [0.3, 0.4) is 0 Å². The van der Waals surface area contributed by atoms with E-state index >= 15 is 0 Å². The fourth-order valence-corrected chi connectivity index (χ4v) is 2.98. The fourth-order valence-electron chi connectivity index (χ4n) is 2.28. The molecule has 0 spiro atoms. The lowest BCUT2D eigenvalue weighted by Gasteiger charge is -2.11. The summed E-state index contributed by atoms with van der Waals surface area (Å²) in [6.07, 6.45) is 0.868. The van der Waals surface area contributed by atoms with Gasteiger partial charge in [0.25, 0.3) is 0 Å². The van der Waals surface area contributed by atoms with Gasteiger partial charge >= 0.3 is 0 Å². The van der Waals surface area contributed by atoms with Gasteiger partial charge in [0.05, 0.1) is 6.04 Å². The van der Waals surface area contributed by atoms with Crippen LogP contribution in [-0.2, 0) is 6.42 Å². The zero-order chi connectivity index (χ0) is 12.7. The predicted molar refractivity (Wildman–Crippen MR) is 78.0 cm³/mol. The van der Waals surface area contributed by atoms with Crippen LogP contribution in [0.1, 0.15) is 17.2 Å². The minimum Gasteiger partial charge on any atom is -0.378 e. The Kier molecular flexibility index (Phi) is 3.14. The van der Waals surface area contributed by atoms with Crippen molar-refractivity contribution < 1.29 is 0 Å². The molecule has 0 saturated heterocycles. The van der Waals surface area contributed by atoms with Gasteiger partial charge in [-0.1, -0.05) is 46.9 Å². The second kappa shape index (κ2) is 4.65. The molecule has 0 radical (unpaired) electrons. The predicted octanol–water partition coefficient (Wildman–Crippen LogP) is 5.36. The molecule has 1 heterocycles. The fraction of sp³-hybridized carbons (Fsp3) is 0.143. The van der Waals surface area contributed by atoms with E-state index in [0.717, 1.165) is 27.7 Å². The molecule has 1 N–H and O–H groups in total. The highest BCUT2D eigenvalue weighted by Gasteiger charge is 2.24. The number of benzene rings is 2. The van der Waals surface area contributed by atoms with Crippen molar-refractivity contribution in [2.75, 3.05) is 5.32 Å². The van der Waals surface area contributed by atoms with E-state index in [1.165, 1.54) is 5.56 Å². The lowest BCUT2D eigenvalue weighted by molar-refractivity contribution is 0.824. The summed E-state index contributed by atoms with van der Waals surface area (Å²) in [4.78, 5) is 0. The number of hydrogen-bond acceptors (Lipinski definition) is 1. The van der Waals surface area contributed by atoms with E-state index in [1.807, 2.05) is 30.3 Å². The van der Waals surface area contributed by atoms with Crippen LogP contribution in [0.5, 0.6) is 0 Å². The maximum atomic E-state index is 6.21. The SMILES string of the molecule is Clc1ccc(C2Cc3c(Cl)cc(Cl)cc3N2)cc1. The summed E-state index contributed by atoms with van der Waals surface area (Å²) in [7, 11) is 0. The first-order valence-electron chi connectivity index (χ1n) is 5.63. The molecule has 1 atom stereocenters. The molecule has 0 fully saturated rings. The molecule has 0 saturated carbocycles. The second-order valence-electron chi connectivity index (χ2n) is 4.37. The Morgan fingerprint density at radius 3 is 2.39 bits per heavy atom. The molecule has 92 valence electrons. The highest BCUT2D eigenvalue weighted by Crippen LogP contribution is 2.40. The van der Waals surface area contributed by atoms with Crippen molar-refractivity contribution >= 4 is 40.5 Å². The van der Waals surface area contributed by atoms with E-state index in [0.29, 0.717) is 5.02 Å². The van der Waals surface area contributed by atoms with Crippen LogP contribution in [0.2, 0.25) is 15.1 Å². The van der Waals surface area contributed by atoms with Gasteiger partial charge in [-0.3, -0.25) is 0 Å². The maximum absolute atomic E-state index is 6.21. The van der Waals surface area contributed by atoms with E-state index in [1.54, 1.807) is 6.07 Å². The molecule has 0 aliphatic carbocycles. The number of nitrogens with one attached hydrogen (secondary N) is 1. The molecule has 2 aromatic rings. The topological polar surface area (TPSA) is 12.0 Å². The van der Waals surface area contributed by atoms with Crippen molar-refractivity contribution in [1.29, 1.82) is 0 Å². The largest absolute Gasteiger partial charge is 0.378 e. The molecule has 0 amide bonds. The third kappa shape index (κ3) is 2.18. The van der Waals surface area contributed by atoms with Crippen molar-refractivity contribution in [1.82, 2.24) is 0 Å². The smallest absolute Gasteiger partial charge is 0.0555 e. The Labute approximate surface area is 121 Å². The zero-order valence-electron chi connectivity index (χ0n) is 9.38. The lowest BCUT2D eigenvalue weighted by Crippen LogP contribution is -2.05. The maximum Gasteiger partial charge on any atom is 0.0555 e. The van der Waals surface area contributed by atoms with E-state index in [2.05, 4.69) is 5.32 Å². The van der Waals surface area contributed by atoms with Gasteiger partial charge in [0.1, 0.15) is 0 Å². The monoisotopic (exact) mass is 297 g/mol. The first-order chi connectivity index (χ1) is 8.63. The van der Waals surface area contributed by atoms with E-state index < -0.39 is 0 Å². The van der Waals surface area contributed by atoms with Gasteiger partial charge in [-0.05, 0) is 35.4 Å². The molecule has 1 nitrogen and oxygen atoms in total. The molecular weight excluding hydrogens is 289 g/mol. The van der Waals surface area contributed by atoms with Crippen molar-refractivity contribution in [3.8, 4) is 0 Å². The second-order valence-corrected chi connectivity index (χ2v) is 5.65. The Morgan fingerprint density at radius 1 is 0.944 bits per heavy atom. The number of hydrogen-bond donors (Lipinski definition) is 1. The Hall–Kier alpha value is -0.890. The molecule has 1 aliphatic rings. The summed E-state index contributed by atoms with van der Waals surface area (Å²) < 4.78 is 0. The first-order valence-corrected chi connectivity index (χ1v) is 6.77. The van der Waals surface area contributed by atoms with Crippen LogP contribution >= 0.6 is 34.8 Å². The number of rotatable bonds is 1. The van der Waals surface area contributed by atoms with Crippen LogP contribution < -0.4 is 5.32 Å². The Balaban J connectivity index is 1.93. The molecule has 0 bridgehead atoms. The average molecular weight is 299 g/mol. The zero-order valence-corrected chi connectivity index (χ0v) is 11.7. The van der Waals surface area contributed by atoms with Gasteiger partial charge in [-0.2, -0.15) is 0 Å². The molecule has 4 heteroatoms. The summed E-state index contributed by atoms with van der Waals surface area (Å²) in [5, 5.41) is 5.56. The van der Waals surface area contributed by atoms with Crippen LogP contribution in [0, 0.1) is 0 Å². The van der Waals surface area contributed by atoms with Crippen LogP contribution in [-0.4, -0.2) is 0 Å². The van der Waals surface area contributed by atoms with Crippen molar-refractivity contribution in [2.24, 2.45) is 0 Å². The van der Waals surface area contributed by atoms with Crippen molar-refractivity contribution in [3.63, 3.8) is 0 Å². The number of fused-ring (bicyclic) bond motifs is 1. The Bertz CT molecular complexity index is 593. The summed E-state index contributed by atoms with van der Waals surface area (Å²) in [6.45, 7) is 0. The van der Waals surface area contributed by atoms with Gasteiger partial charge in [-0.25, -0.2) is 0 Å². The van der Waals surface area contributed by atoms with Crippen LogP contribution in [0.4, 0.5) is 5.69 Å². The minimum atomic E-state index is 0.230. The van der Waals surface area contributed by atoms with Gasteiger partial charge < -0.3 is 5.32 Å². The number of halogens is 3. The highest BCUT2D eigenvalue weighted by atomic mass is 35.5. The highest BCUT2D eigenvalue weighted by molar-refractivity contribution is 6.35. The van der Waals surface area contributed by atoms with Gasteiger partial charge in [0, 0.05) is 27.2 Å². The average Bonchev–Trinajstić information content (AvgIpc) is 2.74. The van der Waals surface area contributed by atoms with Crippen molar-refractivity contribution in [3.05, 3.63) is 62.6 Å². The van der Waals surface area contributed by atoms with E-state index in [9.17, 15) is 0 Å². The van der Waals surface area contributed by atoms with Crippen LogP contribution in [0.15, 0.2) is 36.4 Å². The summed E-state index contributed by atoms with van der Waals surface area (Å²) in [5.41, 5.74) is 3.34. The van der Waals surface area contributed by atoms with Crippen molar-refractivity contribution in [2.45, 2.75) is 12.5 Å². The first kappa shape index (κ1) is 12.2. The molecule has 18 heavy (non-hydrogen) atoms. The lowest BCUT2D eigenvalue weighted by atomic mass is 10.0. The Morgan fingerprint density at radius 2 is 1.67 bits per heavy atom. The molecule has 1 unspecified atom stereocenters. The third-order valence-corrected chi connectivity index (χ3v) is 3.98. The summed E-state index contributed by atoms with van der Waals surface area (Å²) in [6, 6.07) is 11.8.